The van der Waals surface area contributed by atoms with Gasteiger partial charge in [-0.2, -0.15) is 0 Å². The van der Waals surface area contributed by atoms with Crippen LogP contribution in [0.15, 0.2) is 63.5 Å². The monoisotopic (exact) mass is 558 g/mol. The molecule has 0 atom stereocenters. The van der Waals surface area contributed by atoms with Crippen LogP contribution >= 0.6 is 31.9 Å². The Bertz CT molecular complexity index is 989. The second-order valence-corrected chi connectivity index (χ2v) is 12.4. The molecule has 31 heavy (non-hydrogen) atoms. The Morgan fingerprint density at radius 3 is 2.00 bits per heavy atom. The fourth-order valence-electron chi connectivity index (χ4n) is 3.85. The van der Waals surface area contributed by atoms with Gasteiger partial charge in [-0.3, -0.25) is 0 Å². The Balaban J connectivity index is 1.88. The summed E-state index contributed by atoms with van der Waals surface area (Å²) in [6.07, 6.45) is 6.02. The van der Waals surface area contributed by atoms with E-state index in [2.05, 4.69) is 113 Å². The first-order valence-electron chi connectivity index (χ1n) is 11.3. The zero-order valence-electron chi connectivity index (χ0n) is 19.0. The highest BCUT2D eigenvalue weighted by atomic mass is 79.9. The van der Waals surface area contributed by atoms with E-state index < -0.39 is 9.04 Å². The molecule has 0 saturated heterocycles. The van der Waals surface area contributed by atoms with E-state index in [-0.39, 0.29) is 0 Å². The average Bonchev–Trinajstić information content (AvgIpc) is 2.76. The Kier molecular flexibility index (Phi) is 9.00. The molecular formula is C27H32Br2OSi. The van der Waals surface area contributed by atoms with Crippen LogP contribution in [0.25, 0.3) is 22.3 Å². The van der Waals surface area contributed by atoms with Crippen LogP contribution in [0.4, 0.5) is 0 Å². The Hall–Kier alpha value is -1.36. The highest BCUT2D eigenvalue weighted by molar-refractivity contribution is 9.11. The molecule has 0 saturated carbocycles. The van der Waals surface area contributed by atoms with Gasteiger partial charge in [0.2, 0.25) is 9.04 Å². The van der Waals surface area contributed by atoms with Gasteiger partial charge in [-0.25, -0.2) is 0 Å². The van der Waals surface area contributed by atoms with Crippen LogP contribution in [0.3, 0.4) is 0 Å². The molecule has 0 aromatic heterocycles. The van der Waals surface area contributed by atoms with E-state index in [0.29, 0.717) is 0 Å². The lowest BCUT2D eigenvalue weighted by molar-refractivity contribution is 0.573. The van der Waals surface area contributed by atoms with Crippen molar-refractivity contribution in [1.82, 2.24) is 0 Å². The molecule has 0 N–H and O–H groups in total. The van der Waals surface area contributed by atoms with E-state index in [1.165, 1.54) is 59.1 Å². The predicted molar refractivity (Wildman–Crippen MR) is 145 cm³/mol. The molecule has 0 spiro atoms. The largest absolute Gasteiger partial charge is 0.545 e. The van der Waals surface area contributed by atoms with Gasteiger partial charge in [0, 0.05) is 0 Å². The topological polar surface area (TPSA) is 9.23 Å². The lowest BCUT2D eigenvalue weighted by Gasteiger charge is -2.17. The summed E-state index contributed by atoms with van der Waals surface area (Å²) in [5.41, 5.74) is 7.84. The van der Waals surface area contributed by atoms with Crippen molar-refractivity contribution in [3.05, 3.63) is 74.7 Å². The van der Waals surface area contributed by atoms with E-state index in [1.54, 1.807) is 0 Å². The van der Waals surface area contributed by atoms with Gasteiger partial charge < -0.3 is 4.43 Å². The number of halogens is 2. The van der Waals surface area contributed by atoms with Crippen LogP contribution in [0.1, 0.15) is 44.2 Å². The second-order valence-electron chi connectivity index (χ2n) is 8.32. The maximum absolute atomic E-state index is 6.09. The first-order valence-corrected chi connectivity index (χ1v) is 15.7. The van der Waals surface area contributed by atoms with E-state index in [0.717, 1.165) is 21.1 Å². The van der Waals surface area contributed by atoms with Gasteiger partial charge in [-0.05, 0) is 110 Å². The van der Waals surface area contributed by atoms with Crippen LogP contribution < -0.4 is 4.43 Å². The summed E-state index contributed by atoms with van der Waals surface area (Å²) in [5, 5.41) is 0. The fraction of sp³-hybridized carbons (Fsp3) is 0.333. The number of aryl methyl sites for hydroxylation is 2. The lowest BCUT2D eigenvalue weighted by Crippen LogP contribution is -2.12. The van der Waals surface area contributed by atoms with Crippen molar-refractivity contribution < 1.29 is 4.43 Å². The number of unbranched alkanes of at least 4 members (excludes halogenated alkanes) is 2. The summed E-state index contributed by atoms with van der Waals surface area (Å²) < 4.78 is 8.09. The van der Waals surface area contributed by atoms with E-state index in [1.807, 2.05) is 0 Å². The van der Waals surface area contributed by atoms with Crippen LogP contribution in [-0.4, -0.2) is 9.04 Å². The third-order valence-corrected chi connectivity index (χ3v) is 7.39. The third kappa shape index (κ3) is 6.33. The van der Waals surface area contributed by atoms with E-state index in [9.17, 15) is 0 Å². The first-order chi connectivity index (χ1) is 14.9. The summed E-state index contributed by atoms with van der Waals surface area (Å²) in [4.78, 5) is 0. The van der Waals surface area contributed by atoms with Crippen molar-refractivity contribution in [3.63, 3.8) is 0 Å². The van der Waals surface area contributed by atoms with Crippen molar-refractivity contribution >= 4 is 40.9 Å². The molecule has 0 aliphatic heterocycles. The molecule has 1 nitrogen and oxygen atoms in total. The first kappa shape index (κ1) is 24.3. The molecule has 164 valence electrons. The van der Waals surface area contributed by atoms with Gasteiger partial charge >= 0.3 is 0 Å². The predicted octanol–water partition coefficient (Wildman–Crippen LogP) is 9.20. The molecule has 0 aliphatic carbocycles. The molecule has 0 radical (unpaired) electrons. The minimum Gasteiger partial charge on any atom is -0.545 e. The number of hydrogen-bond donors (Lipinski definition) is 0. The Labute approximate surface area is 206 Å². The van der Waals surface area contributed by atoms with Crippen molar-refractivity contribution in [2.45, 2.75) is 59.0 Å². The summed E-state index contributed by atoms with van der Waals surface area (Å²) in [6.45, 7) is 8.84. The summed E-state index contributed by atoms with van der Waals surface area (Å²) >= 11 is 7.44. The van der Waals surface area contributed by atoms with Crippen molar-refractivity contribution in [1.29, 1.82) is 0 Å². The van der Waals surface area contributed by atoms with Gasteiger partial charge in [-0.15, -0.1) is 0 Å². The maximum Gasteiger partial charge on any atom is 0.229 e. The Morgan fingerprint density at radius 1 is 0.774 bits per heavy atom. The molecule has 3 aromatic rings. The quantitative estimate of drug-likeness (QED) is 0.187. The molecule has 0 heterocycles. The van der Waals surface area contributed by atoms with Crippen LogP contribution in [0.5, 0.6) is 5.75 Å². The molecule has 0 amide bonds. The van der Waals surface area contributed by atoms with Crippen LogP contribution in [0.2, 0.25) is 13.1 Å². The molecule has 3 rings (SSSR count). The van der Waals surface area contributed by atoms with Gasteiger partial charge in [-0.1, -0.05) is 69.2 Å². The van der Waals surface area contributed by atoms with Crippen LogP contribution in [0, 0.1) is 0 Å². The lowest BCUT2D eigenvalue weighted by atomic mass is 9.93. The SMILES string of the molecule is CCCCCc1ccc(-c2ccc(-c3cc(Br)c(O[SiH](C)C)c(Br)c3)c(CC)c2)cc1. The number of hydrogen-bond acceptors (Lipinski definition) is 1. The number of benzene rings is 3. The highest BCUT2D eigenvalue weighted by Crippen LogP contribution is 2.40. The molecule has 3 aromatic carbocycles. The van der Waals surface area contributed by atoms with E-state index >= 15 is 0 Å². The third-order valence-electron chi connectivity index (χ3n) is 5.51. The summed E-state index contributed by atoms with van der Waals surface area (Å²) in [6, 6.07) is 20.3. The van der Waals surface area contributed by atoms with Crippen molar-refractivity contribution in [3.8, 4) is 28.0 Å². The van der Waals surface area contributed by atoms with Gasteiger partial charge in [0.1, 0.15) is 5.75 Å². The molecule has 4 heteroatoms. The van der Waals surface area contributed by atoms with Gasteiger partial charge in [0.05, 0.1) is 8.95 Å². The van der Waals surface area contributed by atoms with Crippen molar-refractivity contribution in [2.24, 2.45) is 0 Å². The normalized spacial score (nSPS) is 11.2. The van der Waals surface area contributed by atoms with Gasteiger partial charge in [0.15, 0.2) is 0 Å². The highest BCUT2D eigenvalue weighted by Gasteiger charge is 2.14. The fourth-order valence-corrected chi connectivity index (χ4v) is 6.30. The molecule has 0 unspecified atom stereocenters. The molecule has 0 aliphatic rings. The maximum atomic E-state index is 6.09. The summed E-state index contributed by atoms with van der Waals surface area (Å²) in [7, 11) is -1.17. The van der Waals surface area contributed by atoms with Gasteiger partial charge in [0.25, 0.3) is 0 Å². The zero-order valence-corrected chi connectivity index (χ0v) is 23.3. The number of rotatable bonds is 9. The molecule has 0 fully saturated rings. The van der Waals surface area contributed by atoms with Crippen LogP contribution in [-0.2, 0) is 12.8 Å². The minimum atomic E-state index is -1.17. The smallest absolute Gasteiger partial charge is 0.229 e. The molecular weight excluding hydrogens is 528 g/mol. The standard InChI is InChI=1S/C27H32Br2OSi/c1-5-7-8-9-19-10-12-21(13-11-19)22-14-15-24(20(6-2)16-22)23-17-25(28)27(26(29)18-23)30-31(3)4/h10-18,31H,5-9H2,1-4H3. The second kappa shape index (κ2) is 11.5. The van der Waals surface area contributed by atoms with E-state index in [4.69, 9.17) is 4.43 Å². The average molecular weight is 560 g/mol. The molecule has 0 bridgehead atoms. The zero-order chi connectivity index (χ0) is 22.4. The Morgan fingerprint density at radius 2 is 1.42 bits per heavy atom. The summed E-state index contributed by atoms with van der Waals surface area (Å²) in [5.74, 6) is 0.916. The van der Waals surface area contributed by atoms with Crippen molar-refractivity contribution in [2.75, 3.05) is 0 Å². The minimum absolute atomic E-state index is 0.916.